The number of anilines is 1. The number of aromatic nitrogens is 1. The van der Waals surface area contributed by atoms with Gasteiger partial charge in [-0.25, -0.2) is 4.39 Å². The Labute approximate surface area is 259 Å². The highest BCUT2D eigenvalue weighted by atomic mass is 19.1. The SMILES string of the molecule is CCCCO[C@H]1CC(O)O[C@H](CCn2c(-c3ccc(F)cc3)c(-c3ccccc3)c(C(=O)Nc3ccccc3)c2C(C)C)C1. The predicted octanol–water partition coefficient (Wildman–Crippen LogP) is 8.41. The molecule has 0 saturated carbocycles. The molecule has 4 aromatic rings. The van der Waals surface area contributed by atoms with Crippen molar-refractivity contribution in [1.82, 2.24) is 4.57 Å². The number of aliphatic hydroxyl groups is 1. The quantitative estimate of drug-likeness (QED) is 0.161. The van der Waals surface area contributed by atoms with Gasteiger partial charge in [-0.3, -0.25) is 4.79 Å². The molecule has 0 aliphatic carbocycles. The van der Waals surface area contributed by atoms with Gasteiger partial charge in [-0.2, -0.15) is 0 Å². The van der Waals surface area contributed by atoms with E-state index in [1.165, 1.54) is 12.1 Å². The van der Waals surface area contributed by atoms with Crippen molar-refractivity contribution in [3.05, 3.63) is 102 Å². The number of rotatable bonds is 12. The number of ether oxygens (including phenoxy) is 2. The molecular weight excluding hydrogens is 555 g/mol. The van der Waals surface area contributed by atoms with E-state index >= 15 is 0 Å². The number of amides is 1. The first-order chi connectivity index (χ1) is 21.4. The first-order valence-corrected chi connectivity index (χ1v) is 15.7. The third kappa shape index (κ3) is 7.46. The molecule has 2 heterocycles. The van der Waals surface area contributed by atoms with Gasteiger partial charge in [-0.15, -0.1) is 0 Å². The van der Waals surface area contributed by atoms with Crippen LogP contribution in [-0.2, 0) is 16.0 Å². The molecule has 0 radical (unpaired) electrons. The Hall–Kier alpha value is -3.78. The molecule has 2 N–H and O–H groups in total. The van der Waals surface area contributed by atoms with Gasteiger partial charge in [-0.1, -0.05) is 75.7 Å². The lowest BCUT2D eigenvalue weighted by molar-refractivity contribution is -0.199. The molecule has 1 aliphatic rings. The molecule has 1 amide bonds. The number of carbonyl (C=O) groups is 1. The molecule has 3 atom stereocenters. The Bertz CT molecular complexity index is 1500. The summed E-state index contributed by atoms with van der Waals surface area (Å²) < 4.78 is 28.4. The predicted molar refractivity (Wildman–Crippen MR) is 173 cm³/mol. The number of hydrogen-bond donors (Lipinski definition) is 2. The number of aliphatic hydroxyl groups excluding tert-OH is 1. The van der Waals surface area contributed by atoms with Crippen LogP contribution in [0.5, 0.6) is 0 Å². The first-order valence-electron chi connectivity index (χ1n) is 15.7. The average Bonchev–Trinajstić information content (AvgIpc) is 3.37. The molecule has 44 heavy (non-hydrogen) atoms. The molecular formula is C37H43FN2O4. The number of carbonyl (C=O) groups excluding carboxylic acids is 1. The first kappa shape index (κ1) is 31.6. The molecule has 232 valence electrons. The second kappa shape index (κ2) is 14.8. The minimum absolute atomic E-state index is 0.00817. The molecule has 7 heteroatoms. The maximum absolute atomic E-state index is 14.2. The van der Waals surface area contributed by atoms with Crippen LogP contribution in [0, 0.1) is 5.82 Å². The summed E-state index contributed by atoms with van der Waals surface area (Å²) in [5.74, 6) is -0.529. The molecule has 0 bridgehead atoms. The van der Waals surface area contributed by atoms with Crippen molar-refractivity contribution in [1.29, 1.82) is 0 Å². The van der Waals surface area contributed by atoms with Gasteiger partial charge in [0, 0.05) is 42.9 Å². The van der Waals surface area contributed by atoms with Crippen molar-refractivity contribution in [2.45, 2.75) is 83.8 Å². The number of halogens is 1. The minimum atomic E-state index is -0.877. The van der Waals surface area contributed by atoms with E-state index < -0.39 is 6.29 Å². The Balaban J connectivity index is 1.61. The lowest BCUT2D eigenvalue weighted by atomic mass is 9.94. The van der Waals surface area contributed by atoms with E-state index in [-0.39, 0.29) is 29.9 Å². The Kier molecular flexibility index (Phi) is 10.6. The Morgan fingerprint density at radius 1 is 1.00 bits per heavy atom. The van der Waals surface area contributed by atoms with E-state index in [2.05, 4.69) is 30.7 Å². The fourth-order valence-corrected chi connectivity index (χ4v) is 6.15. The summed E-state index contributed by atoms with van der Waals surface area (Å²) in [7, 11) is 0. The van der Waals surface area contributed by atoms with Crippen molar-refractivity contribution >= 4 is 11.6 Å². The van der Waals surface area contributed by atoms with Crippen LogP contribution >= 0.6 is 0 Å². The van der Waals surface area contributed by atoms with E-state index in [1.807, 2.05) is 60.7 Å². The van der Waals surface area contributed by atoms with Crippen molar-refractivity contribution < 1.29 is 23.8 Å². The summed E-state index contributed by atoms with van der Waals surface area (Å²) in [6.45, 7) is 7.52. The fraction of sp³-hybridized carbons (Fsp3) is 0.378. The smallest absolute Gasteiger partial charge is 0.258 e. The highest BCUT2D eigenvalue weighted by molar-refractivity contribution is 6.12. The average molecular weight is 599 g/mol. The molecule has 1 aliphatic heterocycles. The van der Waals surface area contributed by atoms with Gasteiger partial charge in [0.15, 0.2) is 6.29 Å². The molecule has 5 rings (SSSR count). The van der Waals surface area contributed by atoms with Gasteiger partial charge in [0.2, 0.25) is 0 Å². The topological polar surface area (TPSA) is 72.7 Å². The molecule has 6 nitrogen and oxygen atoms in total. The van der Waals surface area contributed by atoms with Crippen LogP contribution < -0.4 is 5.32 Å². The fourth-order valence-electron chi connectivity index (χ4n) is 6.15. The van der Waals surface area contributed by atoms with Gasteiger partial charge < -0.3 is 24.5 Å². The number of unbranched alkanes of at least 4 members (excludes halogenated alkanes) is 1. The summed E-state index contributed by atoms with van der Waals surface area (Å²) in [5.41, 5.74) is 5.57. The molecule has 1 saturated heterocycles. The molecule has 1 unspecified atom stereocenters. The van der Waals surface area contributed by atoms with Gasteiger partial charge in [0.25, 0.3) is 5.91 Å². The number of para-hydroxylation sites is 1. The monoisotopic (exact) mass is 598 g/mol. The largest absolute Gasteiger partial charge is 0.378 e. The highest BCUT2D eigenvalue weighted by Crippen LogP contribution is 2.43. The van der Waals surface area contributed by atoms with E-state index in [0.717, 1.165) is 40.9 Å². The lowest BCUT2D eigenvalue weighted by Gasteiger charge is -2.33. The number of nitrogens with one attached hydrogen (secondary N) is 1. The zero-order valence-corrected chi connectivity index (χ0v) is 25.8. The normalized spacial score (nSPS) is 18.5. The number of benzene rings is 3. The molecule has 1 fully saturated rings. The van der Waals surface area contributed by atoms with E-state index in [1.54, 1.807) is 12.1 Å². The molecule has 0 spiro atoms. The van der Waals surface area contributed by atoms with Gasteiger partial charge in [0.1, 0.15) is 5.82 Å². The van der Waals surface area contributed by atoms with Crippen molar-refractivity contribution in [3.63, 3.8) is 0 Å². The summed E-state index contributed by atoms with van der Waals surface area (Å²) in [6.07, 6.45) is 2.65. The Morgan fingerprint density at radius 2 is 1.68 bits per heavy atom. The maximum atomic E-state index is 14.2. The zero-order chi connectivity index (χ0) is 31.1. The van der Waals surface area contributed by atoms with E-state index in [9.17, 15) is 14.3 Å². The van der Waals surface area contributed by atoms with E-state index in [0.29, 0.717) is 43.7 Å². The van der Waals surface area contributed by atoms with Gasteiger partial charge >= 0.3 is 0 Å². The van der Waals surface area contributed by atoms with Crippen LogP contribution in [0.4, 0.5) is 10.1 Å². The highest BCUT2D eigenvalue weighted by Gasteiger charge is 2.33. The van der Waals surface area contributed by atoms with Gasteiger partial charge in [0.05, 0.1) is 23.5 Å². The van der Waals surface area contributed by atoms with Crippen LogP contribution in [0.25, 0.3) is 22.4 Å². The van der Waals surface area contributed by atoms with Crippen LogP contribution in [-0.4, -0.2) is 40.7 Å². The molecule has 1 aromatic heterocycles. The van der Waals surface area contributed by atoms with E-state index in [4.69, 9.17) is 9.47 Å². The summed E-state index contributed by atoms with van der Waals surface area (Å²) in [5, 5.41) is 13.6. The minimum Gasteiger partial charge on any atom is -0.378 e. The summed E-state index contributed by atoms with van der Waals surface area (Å²) in [4.78, 5) is 14.2. The molecule has 3 aromatic carbocycles. The zero-order valence-electron chi connectivity index (χ0n) is 25.8. The van der Waals surface area contributed by atoms with Crippen molar-refractivity contribution in [2.24, 2.45) is 0 Å². The van der Waals surface area contributed by atoms with Crippen molar-refractivity contribution in [2.75, 3.05) is 11.9 Å². The second-order valence-electron chi connectivity index (χ2n) is 11.8. The standard InChI is InChI=1S/C37H43FN2O4/c1-4-5-22-43-31-23-30(44-32(41)24-31)20-21-40-35(25(2)3)34(37(42)39-29-14-10-7-11-15-29)33(26-12-8-6-9-13-26)36(40)27-16-18-28(38)19-17-27/h6-19,25,30-32,41H,4-5,20-24H2,1-3H3,(H,39,42)/t30-,31-,32?/m1/s1. The summed E-state index contributed by atoms with van der Waals surface area (Å²) >= 11 is 0. The maximum Gasteiger partial charge on any atom is 0.258 e. The van der Waals surface area contributed by atoms with Crippen LogP contribution in [0.1, 0.15) is 74.8 Å². The third-order valence-corrected chi connectivity index (χ3v) is 8.16. The number of nitrogens with zero attached hydrogens (tertiary/aromatic N) is 1. The van der Waals surface area contributed by atoms with Crippen LogP contribution in [0.15, 0.2) is 84.9 Å². The third-order valence-electron chi connectivity index (χ3n) is 8.16. The second-order valence-corrected chi connectivity index (χ2v) is 11.8. The Morgan fingerprint density at radius 3 is 2.34 bits per heavy atom. The lowest BCUT2D eigenvalue weighted by Crippen LogP contribution is -2.37. The van der Waals surface area contributed by atoms with Crippen LogP contribution in [0.2, 0.25) is 0 Å². The van der Waals surface area contributed by atoms with Gasteiger partial charge in [-0.05, 0) is 66.3 Å². The van der Waals surface area contributed by atoms with Crippen molar-refractivity contribution in [3.8, 4) is 22.4 Å². The van der Waals surface area contributed by atoms with Crippen LogP contribution in [0.3, 0.4) is 0 Å². The summed E-state index contributed by atoms with van der Waals surface area (Å²) in [6, 6.07) is 25.8. The number of hydrogen-bond acceptors (Lipinski definition) is 4.